The molecule has 0 rings (SSSR count). The van der Waals surface area contributed by atoms with Gasteiger partial charge in [0.05, 0.1) is 0 Å². The highest BCUT2D eigenvalue weighted by Crippen LogP contribution is 2.26. The molecule has 0 aliphatic rings. The second-order valence-electron chi connectivity index (χ2n) is 11.1. The standard InChI is InChI=1S/C27H56O3Si2/c1-10-13-14-15-16-17-18-19-20-21-22-23-28-31(8,11-2)30-32(9,12-3)29-25-26(4)24-27(5,6)7/h11-12,26H,2-3,10,13-25H2,1,4-9H3. The third kappa shape index (κ3) is 17.3. The van der Waals surface area contributed by atoms with Crippen molar-refractivity contribution in [2.45, 2.75) is 125 Å². The zero-order valence-corrected chi connectivity index (χ0v) is 24.8. The molecule has 3 atom stereocenters. The second-order valence-corrected chi connectivity index (χ2v) is 17.4. The minimum atomic E-state index is -2.49. The Morgan fingerprint density at radius 2 is 1.19 bits per heavy atom. The molecule has 0 aromatic carbocycles. The van der Waals surface area contributed by atoms with E-state index in [2.05, 4.69) is 60.9 Å². The van der Waals surface area contributed by atoms with Crippen LogP contribution in [-0.2, 0) is 13.0 Å². The first kappa shape index (κ1) is 31.8. The molecule has 0 aliphatic heterocycles. The summed E-state index contributed by atoms with van der Waals surface area (Å²) in [5.41, 5.74) is 4.08. The SMILES string of the molecule is C=C[Si](C)(OCCCCCCCCCCCCC)O[Si](C)(C=C)OCC(C)CC(C)(C)C. The van der Waals surface area contributed by atoms with Crippen molar-refractivity contribution in [3.63, 3.8) is 0 Å². The molecule has 3 unspecified atom stereocenters. The number of hydrogen-bond acceptors (Lipinski definition) is 3. The van der Waals surface area contributed by atoms with Crippen molar-refractivity contribution in [3.8, 4) is 0 Å². The summed E-state index contributed by atoms with van der Waals surface area (Å²) in [5.74, 6) is 0.485. The normalized spacial score (nSPS) is 16.8. The molecule has 0 aliphatic carbocycles. The van der Waals surface area contributed by atoms with E-state index >= 15 is 0 Å². The zero-order chi connectivity index (χ0) is 24.5. The van der Waals surface area contributed by atoms with Crippen LogP contribution in [0.4, 0.5) is 0 Å². The van der Waals surface area contributed by atoms with Gasteiger partial charge in [-0.3, -0.25) is 0 Å². The Morgan fingerprint density at radius 3 is 1.62 bits per heavy atom. The van der Waals surface area contributed by atoms with Crippen LogP contribution in [0.25, 0.3) is 0 Å². The topological polar surface area (TPSA) is 27.7 Å². The van der Waals surface area contributed by atoms with Crippen LogP contribution in [0.2, 0.25) is 13.1 Å². The molecule has 0 N–H and O–H groups in total. The lowest BCUT2D eigenvalue weighted by Crippen LogP contribution is -2.51. The van der Waals surface area contributed by atoms with Crippen LogP contribution in [0.1, 0.15) is 112 Å². The molecule has 0 heterocycles. The maximum atomic E-state index is 6.50. The van der Waals surface area contributed by atoms with Gasteiger partial charge in [-0.25, -0.2) is 0 Å². The lowest BCUT2D eigenvalue weighted by atomic mass is 9.86. The van der Waals surface area contributed by atoms with E-state index < -0.39 is 17.1 Å². The van der Waals surface area contributed by atoms with E-state index in [4.69, 9.17) is 13.0 Å². The van der Waals surface area contributed by atoms with Crippen molar-refractivity contribution in [1.29, 1.82) is 0 Å². The van der Waals surface area contributed by atoms with E-state index in [-0.39, 0.29) is 0 Å². The van der Waals surface area contributed by atoms with Gasteiger partial charge in [0.2, 0.25) is 0 Å². The summed E-state index contributed by atoms with van der Waals surface area (Å²) in [6, 6.07) is 0. The molecule has 0 radical (unpaired) electrons. The molecule has 3 nitrogen and oxygen atoms in total. The Bertz CT molecular complexity index is 492. The third-order valence-corrected chi connectivity index (χ3v) is 12.1. The van der Waals surface area contributed by atoms with Crippen LogP contribution in [0, 0.1) is 11.3 Å². The minimum absolute atomic E-state index is 0.303. The Morgan fingerprint density at radius 1 is 0.750 bits per heavy atom. The first-order valence-corrected chi connectivity index (χ1v) is 18.0. The van der Waals surface area contributed by atoms with Gasteiger partial charge in [-0.05, 0) is 37.3 Å². The van der Waals surface area contributed by atoms with Gasteiger partial charge in [0.1, 0.15) is 0 Å². The van der Waals surface area contributed by atoms with E-state index in [9.17, 15) is 0 Å². The molecular formula is C27H56O3Si2. The van der Waals surface area contributed by atoms with Crippen molar-refractivity contribution in [1.82, 2.24) is 0 Å². The van der Waals surface area contributed by atoms with Gasteiger partial charge in [0, 0.05) is 13.2 Å². The fourth-order valence-electron chi connectivity index (χ4n) is 4.12. The van der Waals surface area contributed by atoms with Crippen LogP contribution in [0.15, 0.2) is 24.6 Å². The monoisotopic (exact) mass is 484 g/mol. The maximum Gasteiger partial charge on any atom is 0.352 e. The van der Waals surface area contributed by atoms with E-state index in [0.29, 0.717) is 17.9 Å². The number of unbranched alkanes of at least 4 members (excludes halogenated alkanes) is 10. The maximum absolute atomic E-state index is 6.50. The molecule has 0 saturated heterocycles. The van der Waals surface area contributed by atoms with Crippen molar-refractivity contribution >= 4 is 17.1 Å². The van der Waals surface area contributed by atoms with Crippen LogP contribution in [0.5, 0.6) is 0 Å². The van der Waals surface area contributed by atoms with Crippen LogP contribution < -0.4 is 0 Å². The van der Waals surface area contributed by atoms with Crippen molar-refractivity contribution in [3.05, 3.63) is 24.6 Å². The second kappa shape index (κ2) is 17.3. The fourth-order valence-corrected chi connectivity index (χ4v) is 9.87. The molecule has 190 valence electrons. The van der Waals surface area contributed by atoms with Gasteiger partial charge >= 0.3 is 17.1 Å². The Kier molecular flexibility index (Phi) is 17.2. The summed E-state index contributed by atoms with van der Waals surface area (Å²) < 4.78 is 19.1. The van der Waals surface area contributed by atoms with E-state index in [1.165, 1.54) is 64.2 Å². The predicted molar refractivity (Wildman–Crippen MR) is 146 cm³/mol. The molecule has 0 bridgehead atoms. The van der Waals surface area contributed by atoms with Gasteiger partial charge in [-0.2, -0.15) is 0 Å². The molecule has 32 heavy (non-hydrogen) atoms. The molecule has 0 aromatic heterocycles. The molecule has 0 aromatic rings. The van der Waals surface area contributed by atoms with Crippen molar-refractivity contribution < 1.29 is 13.0 Å². The average molecular weight is 485 g/mol. The molecule has 0 spiro atoms. The summed E-state index contributed by atoms with van der Waals surface area (Å²) in [6.45, 7) is 25.0. The summed E-state index contributed by atoms with van der Waals surface area (Å²) in [7, 11) is -4.96. The Hall–Kier alpha value is -0.206. The number of rotatable bonds is 21. The van der Waals surface area contributed by atoms with Gasteiger partial charge in [-0.1, -0.05) is 110 Å². The molecule has 0 saturated carbocycles. The molecule has 0 amide bonds. The predicted octanol–water partition coefficient (Wildman–Crippen LogP) is 9.01. The quantitative estimate of drug-likeness (QED) is 0.120. The fraction of sp³-hybridized carbons (Fsp3) is 0.852. The third-order valence-electron chi connectivity index (χ3n) is 5.90. The molecular weight excluding hydrogens is 428 g/mol. The minimum Gasteiger partial charge on any atom is -0.409 e. The Labute approximate surface area is 203 Å². The first-order chi connectivity index (χ1) is 15.0. The van der Waals surface area contributed by atoms with Gasteiger partial charge < -0.3 is 13.0 Å². The lowest BCUT2D eigenvalue weighted by Gasteiger charge is -2.34. The number of hydrogen-bond donors (Lipinski definition) is 0. The van der Waals surface area contributed by atoms with Gasteiger partial charge in [0.25, 0.3) is 0 Å². The molecule has 0 fully saturated rings. The van der Waals surface area contributed by atoms with Crippen molar-refractivity contribution in [2.75, 3.05) is 13.2 Å². The summed E-state index contributed by atoms with van der Waals surface area (Å²) in [6.07, 6.45) is 15.8. The van der Waals surface area contributed by atoms with Crippen LogP contribution in [-0.4, -0.2) is 30.3 Å². The largest absolute Gasteiger partial charge is 0.409 e. The van der Waals surface area contributed by atoms with Gasteiger partial charge in [-0.15, -0.1) is 13.2 Å². The Balaban J connectivity index is 4.17. The van der Waals surface area contributed by atoms with E-state index in [1.54, 1.807) is 0 Å². The summed E-state index contributed by atoms with van der Waals surface area (Å²) in [5, 5.41) is 0. The van der Waals surface area contributed by atoms with Crippen LogP contribution in [0.3, 0.4) is 0 Å². The summed E-state index contributed by atoms with van der Waals surface area (Å²) in [4.78, 5) is 0. The highest BCUT2D eigenvalue weighted by atomic mass is 28.5. The zero-order valence-electron chi connectivity index (χ0n) is 22.8. The van der Waals surface area contributed by atoms with Crippen LogP contribution >= 0.6 is 0 Å². The average Bonchev–Trinajstić information content (AvgIpc) is 2.72. The molecule has 5 heteroatoms. The lowest BCUT2D eigenvalue weighted by molar-refractivity contribution is 0.161. The highest BCUT2D eigenvalue weighted by molar-refractivity contribution is 6.84. The first-order valence-electron chi connectivity index (χ1n) is 13.2. The van der Waals surface area contributed by atoms with E-state index in [1.807, 2.05) is 11.4 Å². The van der Waals surface area contributed by atoms with Gasteiger partial charge in [0.15, 0.2) is 0 Å². The van der Waals surface area contributed by atoms with E-state index in [0.717, 1.165) is 19.4 Å². The van der Waals surface area contributed by atoms with Crippen molar-refractivity contribution in [2.24, 2.45) is 11.3 Å². The smallest absolute Gasteiger partial charge is 0.352 e. The summed E-state index contributed by atoms with van der Waals surface area (Å²) >= 11 is 0. The highest BCUT2D eigenvalue weighted by Gasteiger charge is 2.40.